The van der Waals surface area contributed by atoms with Gasteiger partial charge in [0.2, 0.25) is 0 Å². The van der Waals surface area contributed by atoms with Crippen LogP contribution in [0.5, 0.6) is 5.75 Å². The number of aromatic nitrogens is 7. The average Bonchev–Trinajstić information content (AvgIpc) is 4.28. The molecule has 5 fully saturated rings. The Labute approximate surface area is 460 Å². The standard InChI is InChI=1S/C51H71N15O13.CH4/c1-64-10-12-65(13-11-64)25-5-9-30-32(15-25)61-48(59-30)23-4-8-29-31(14-23)60-47(58-29)22-2-6-26(7-3-22)73-21-24-19-66(63-62-24)20-35-45(78-50-37(57)42(71)40(69)34(18-53)75-50)43(72)51(76-35)79-46-38(67)27(54)16-28(55)44(46)77-49-36(56)41(70)39(68)33(17-52)74-49;/h2-9,14-15,19,27-28,33-46,49-51,67-72H,10-13,16-18,20-21,52-57H2,1H3,(H,58,60)(H,59,61);1H4/t27-,28?,33?,34+,35-,36?,37?,38?,39-,40-,41-,42?,43+,44-,45?,46-,49+,50-,51+;/m1./s1. The summed E-state index contributed by atoms with van der Waals surface area (Å²) in [5, 5.41) is 74.5. The van der Waals surface area contributed by atoms with Crippen molar-refractivity contribution in [1.82, 2.24) is 39.8 Å². The van der Waals surface area contributed by atoms with Crippen molar-refractivity contribution < 1.29 is 63.8 Å². The lowest BCUT2D eigenvalue weighted by molar-refractivity contribution is -0.306. The second-order valence-corrected chi connectivity index (χ2v) is 21.2. The smallest absolute Gasteiger partial charge is 0.187 e. The van der Waals surface area contributed by atoms with E-state index < -0.39 is 116 Å². The van der Waals surface area contributed by atoms with E-state index in [0.717, 1.165) is 65.2 Å². The number of rotatable bonds is 16. The van der Waals surface area contributed by atoms with E-state index in [4.69, 9.17) is 77.5 Å². The zero-order valence-electron chi connectivity index (χ0n) is 43.3. The average molecular weight is 1120 g/mol. The molecule has 7 heterocycles. The van der Waals surface area contributed by atoms with Crippen LogP contribution in [0, 0.1) is 0 Å². The number of hydrogen-bond acceptors (Lipinski definition) is 25. The summed E-state index contributed by atoms with van der Waals surface area (Å²) < 4.78 is 44.3. The van der Waals surface area contributed by atoms with Crippen LogP contribution in [0.15, 0.2) is 66.9 Å². The molecule has 0 amide bonds. The SMILES string of the molecule is C.CN1CCN(c2ccc3nc(-c4ccc5nc(-c6ccc(OCc7cn(C[C@H]8O[C@@H](O[C@@H]9C(O)[C@H](N)CC(N)[C@H]9O[C@@H]9OC(CN)[C@@H](O)[C@H](O)C9N)[C@@H](O)C8O[C@H]8O[C@@H](CN)[C@@H](O)C(O)C8N)nn7)cc6)[nH]c5c4)[nH]c3c2)CC1. The van der Waals surface area contributed by atoms with Gasteiger partial charge >= 0.3 is 0 Å². The molecular weight excluding hydrogens is 1040 g/mol. The van der Waals surface area contributed by atoms with Crippen LogP contribution >= 0.6 is 0 Å². The minimum atomic E-state index is -1.65. The fourth-order valence-electron chi connectivity index (χ4n) is 11.0. The maximum Gasteiger partial charge on any atom is 0.187 e. The number of H-pyrrole nitrogens is 2. The van der Waals surface area contributed by atoms with Gasteiger partial charge in [-0.3, -0.25) is 0 Å². The number of piperazine rings is 1. The molecule has 28 heteroatoms. The number of aliphatic hydroxyl groups is 6. The van der Waals surface area contributed by atoms with Crippen LogP contribution in [0.2, 0.25) is 0 Å². The van der Waals surface area contributed by atoms with E-state index in [9.17, 15) is 30.6 Å². The molecule has 80 heavy (non-hydrogen) atoms. The summed E-state index contributed by atoms with van der Waals surface area (Å²) in [6.07, 6.45) is -18.7. The number of hydrogen-bond donors (Lipinski definition) is 14. The molecule has 0 spiro atoms. The molecule has 3 aromatic heterocycles. The van der Waals surface area contributed by atoms with Gasteiger partial charge in [-0.2, -0.15) is 0 Å². The Morgan fingerprint density at radius 3 is 1.81 bits per heavy atom. The first-order chi connectivity index (χ1) is 38.0. The van der Waals surface area contributed by atoms with Crippen LogP contribution in [0.1, 0.15) is 19.5 Å². The van der Waals surface area contributed by atoms with Crippen LogP contribution in [-0.4, -0.2) is 233 Å². The quantitative estimate of drug-likeness (QED) is 0.0446. The third-order valence-electron chi connectivity index (χ3n) is 15.7. The van der Waals surface area contributed by atoms with E-state index in [-0.39, 0.29) is 40.1 Å². The second kappa shape index (κ2) is 24.2. The normalized spacial score (nSPS) is 35.2. The van der Waals surface area contributed by atoms with Crippen LogP contribution in [-0.2, 0) is 41.6 Å². The van der Waals surface area contributed by atoms with Crippen molar-refractivity contribution in [3.8, 4) is 28.5 Å². The first-order valence-electron chi connectivity index (χ1n) is 26.5. The Bertz CT molecular complexity index is 3000. The predicted molar refractivity (Wildman–Crippen MR) is 289 cm³/mol. The Balaban J connectivity index is 0.00000720. The van der Waals surface area contributed by atoms with E-state index in [1.165, 1.54) is 10.4 Å². The topological polar surface area (TPSA) is 437 Å². The van der Waals surface area contributed by atoms with Crippen molar-refractivity contribution in [2.45, 2.75) is 143 Å². The number of nitrogens with two attached hydrogens (primary N) is 6. The molecule has 3 aromatic carbocycles. The molecule has 436 valence electrons. The number of aliphatic hydroxyl groups excluding tert-OH is 6. The van der Waals surface area contributed by atoms with Crippen molar-refractivity contribution in [3.63, 3.8) is 0 Å². The molecule has 0 bridgehead atoms. The molecule has 6 aromatic rings. The van der Waals surface area contributed by atoms with Gasteiger partial charge in [-0.1, -0.05) is 12.6 Å². The van der Waals surface area contributed by atoms with Crippen LogP contribution in [0.4, 0.5) is 5.69 Å². The van der Waals surface area contributed by atoms with Crippen molar-refractivity contribution >= 4 is 27.8 Å². The summed E-state index contributed by atoms with van der Waals surface area (Å²) in [6, 6.07) is 15.5. The first-order valence-corrected chi connectivity index (χ1v) is 26.5. The Morgan fingerprint density at radius 2 is 1.18 bits per heavy atom. The number of benzene rings is 3. The highest BCUT2D eigenvalue weighted by molar-refractivity contribution is 5.87. The summed E-state index contributed by atoms with van der Waals surface area (Å²) in [7, 11) is 2.15. The molecule has 1 saturated carbocycles. The summed E-state index contributed by atoms with van der Waals surface area (Å²) >= 11 is 0. The van der Waals surface area contributed by atoms with E-state index in [0.29, 0.717) is 17.3 Å². The van der Waals surface area contributed by atoms with Crippen molar-refractivity contribution in [2.24, 2.45) is 34.4 Å². The zero-order chi connectivity index (χ0) is 55.4. The van der Waals surface area contributed by atoms with Gasteiger partial charge < -0.3 is 118 Å². The van der Waals surface area contributed by atoms with Gasteiger partial charge in [0.1, 0.15) is 96.8 Å². The summed E-state index contributed by atoms with van der Waals surface area (Å²) in [6.45, 7) is 3.57. The highest BCUT2D eigenvalue weighted by atomic mass is 16.8. The number of fused-ring (bicyclic) bond motifs is 2. The fraction of sp³-hybridized carbons (Fsp3) is 0.577. The highest BCUT2D eigenvalue weighted by Gasteiger charge is 2.54. The number of anilines is 1. The third-order valence-corrected chi connectivity index (χ3v) is 15.7. The summed E-state index contributed by atoms with van der Waals surface area (Å²) in [5.74, 6) is 2.00. The number of imidazole rings is 2. The summed E-state index contributed by atoms with van der Waals surface area (Å²) in [4.78, 5) is 21.4. The van der Waals surface area contributed by atoms with Gasteiger partial charge in [0.05, 0.1) is 53.0 Å². The van der Waals surface area contributed by atoms with E-state index in [2.05, 4.69) is 55.3 Å². The monoisotopic (exact) mass is 1120 g/mol. The van der Waals surface area contributed by atoms with Crippen molar-refractivity contribution in [1.29, 1.82) is 0 Å². The van der Waals surface area contributed by atoms with Crippen LogP contribution < -0.4 is 44.0 Å². The minimum Gasteiger partial charge on any atom is -0.487 e. The largest absolute Gasteiger partial charge is 0.487 e. The molecular formula is C52H75N15O13. The van der Waals surface area contributed by atoms with E-state index in [1.54, 1.807) is 6.20 Å². The molecule has 20 N–H and O–H groups in total. The molecule has 4 aliphatic heterocycles. The first kappa shape index (κ1) is 57.8. The Kier molecular flexibility index (Phi) is 17.5. The third kappa shape index (κ3) is 11.7. The zero-order valence-corrected chi connectivity index (χ0v) is 43.3. The maximum atomic E-state index is 12.0. The van der Waals surface area contributed by atoms with E-state index >= 15 is 0 Å². The van der Waals surface area contributed by atoms with Gasteiger partial charge in [-0.05, 0) is 74.1 Å². The fourth-order valence-corrected chi connectivity index (χ4v) is 11.0. The lowest BCUT2D eigenvalue weighted by Crippen LogP contribution is -2.68. The van der Waals surface area contributed by atoms with Gasteiger partial charge in [0.15, 0.2) is 18.9 Å². The van der Waals surface area contributed by atoms with Gasteiger partial charge in [0, 0.05) is 68.2 Å². The lowest BCUT2D eigenvalue weighted by Gasteiger charge is -2.47. The maximum absolute atomic E-state index is 12.0. The number of likely N-dealkylation sites (N-methyl/N-ethyl adjacent to an activating group) is 1. The second-order valence-electron chi connectivity index (χ2n) is 21.2. The number of nitrogens with zero attached hydrogens (tertiary/aromatic N) is 7. The molecule has 5 aliphatic rings. The molecule has 19 atom stereocenters. The van der Waals surface area contributed by atoms with Crippen molar-refractivity contribution in [3.05, 3.63) is 72.6 Å². The van der Waals surface area contributed by atoms with Gasteiger partial charge in [-0.15, -0.1) is 5.10 Å². The minimum absolute atomic E-state index is 0. The Morgan fingerprint density at radius 1 is 0.613 bits per heavy atom. The van der Waals surface area contributed by atoms with E-state index in [1.807, 2.05) is 42.5 Å². The number of nitrogens with one attached hydrogen (secondary N) is 2. The number of ether oxygens (including phenoxy) is 7. The molecule has 1 aliphatic carbocycles. The molecule has 0 radical (unpaired) electrons. The molecule has 28 nitrogen and oxygen atoms in total. The van der Waals surface area contributed by atoms with Crippen molar-refractivity contribution in [2.75, 3.05) is 51.2 Å². The van der Waals surface area contributed by atoms with Gasteiger partial charge in [0.25, 0.3) is 0 Å². The molecule has 7 unspecified atom stereocenters. The summed E-state index contributed by atoms with van der Waals surface area (Å²) in [5.41, 5.74) is 43.9. The molecule has 11 rings (SSSR count). The number of aromatic amines is 2. The van der Waals surface area contributed by atoms with Crippen LogP contribution in [0.3, 0.4) is 0 Å². The predicted octanol–water partition coefficient (Wildman–Crippen LogP) is -3.54. The lowest BCUT2D eigenvalue weighted by atomic mass is 9.84. The van der Waals surface area contributed by atoms with Crippen LogP contribution in [0.25, 0.3) is 44.8 Å². The highest BCUT2D eigenvalue weighted by Crippen LogP contribution is 2.36. The van der Waals surface area contributed by atoms with Gasteiger partial charge in [-0.25, -0.2) is 14.6 Å². The molecule has 4 saturated heterocycles. The Hall–Kier alpha value is -5.42.